The van der Waals surface area contributed by atoms with Gasteiger partial charge in [0.1, 0.15) is 5.84 Å². The Morgan fingerprint density at radius 3 is 2.17 bits per heavy atom. The van der Waals surface area contributed by atoms with E-state index in [1.54, 1.807) is 18.2 Å². The van der Waals surface area contributed by atoms with Crippen LogP contribution in [0.3, 0.4) is 0 Å². The molecule has 0 unspecified atom stereocenters. The first kappa shape index (κ1) is 15.0. The zero-order valence-electron chi connectivity index (χ0n) is 10.7. The molecule has 1 aromatic carbocycles. The lowest BCUT2D eigenvalue weighted by molar-refractivity contribution is 0.590. The van der Waals surface area contributed by atoms with E-state index < -0.39 is 0 Å². The number of nitrogens with two attached hydrogens (primary N) is 1. The Labute approximate surface area is 118 Å². The van der Waals surface area contributed by atoms with Gasteiger partial charge in [-0.15, -0.1) is 0 Å². The molecule has 3 N–H and O–H groups in total. The van der Waals surface area contributed by atoms with E-state index in [4.69, 9.17) is 34.3 Å². The molecule has 0 heterocycles. The SMILES string of the molecule is CC(C)(C)C(=NCC(=N)N)c1c(Cl)cccc1Cl. The highest BCUT2D eigenvalue weighted by molar-refractivity contribution is 6.40. The van der Waals surface area contributed by atoms with Gasteiger partial charge in [0.05, 0.1) is 22.3 Å². The lowest BCUT2D eigenvalue weighted by Gasteiger charge is -2.23. The predicted molar refractivity (Wildman–Crippen MR) is 79.2 cm³/mol. The summed E-state index contributed by atoms with van der Waals surface area (Å²) >= 11 is 12.4. The first-order valence-corrected chi connectivity index (χ1v) is 6.31. The van der Waals surface area contributed by atoms with Gasteiger partial charge in [-0.05, 0) is 12.1 Å². The fourth-order valence-corrected chi connectivity index (χ4v) is 2.16. The van der Waals surface area contributed by atoms with Crippen molar-refractivity contribution in [1.29, 1.82) is 5.41 Å². The van der Waals surface area contributed by atoms with Crippen LogP contribution in [0.5, 0.6) is 0 Å². The molecule has 0 amide bonds. The first-order chi connectivity index (χ1) is 8.23. The van der Waals surface area contributed by atoms with E-state index >= 15 is 0 Å². The molecule has 5 heteroatoms. The van der Waals surface area contributed by atoms with Gasteiger partial charge in [-0.1, -0.05) is 50.0 Å². The van der Waals surface area contributed by atoms with Crippen LogP contribution in [0.4, 0.5) is 0 Å². The van der Waals surface area contributed by atoms with Gasteiger partial charge in [-0.25, -0.2) is 0 Å². The maximum absolute atomic E-state index is 7.27. The molecule has 0 saturated carbocycles. The second-order valence-electron chi connectivity index (χ2n) is 5.04. The van der Waals surface area contributed by atoms with Crippen LogP contribution in [0.1, 0.15) is 26.3 Å². The summed E-state index contributed by atoms with van der Waals surface area (Å²) in [5.74, 6) is 0.0138. The summed E-state index contributed by atoms with van der Waals surface area (Å²) in [6, 6.07) is 5.34. The molecule has 0 aliphatic carbocycles. The van der Waals surface area contributed by atoms with E-state index in [9.17, 15) is 0 Å². The van der Waals surface area contributed by atoms with Crippen molar-refractivity contribution in [1.82, 2.24) is 0 Å². The van der Waals surface area contributed by atoms with Crippen LogP contribution in [-0.4, -0.2) is 18.1 Å². The minimum absolute atomic E-state index is 0.0138. The Kier molecular flexibility index (Phi) is 4.77. The molecule has 0 saturated heterocycles. The van der Waals surface area contributed by atoms with E-state index in [1.165, 1.54) is 0 Å². The number of nitrogens with one attached hydrogen (secondary N) is 1. The number of rotatable bonds is 3. The standard InChI is InChI=1S/C13H17Cl2N3/c1-13(2,3)12(18-7-10(16)17)11-8(14)5-4-6-9(11)15/h4-6H,7H2,1-3H3,(H3,16,17). The highest BCUT2D eigenvalue weighted by Crippen LogP contribution is 2.32. The largest absolute Gasteiger partial charge is 0.386 e. The van der Waals surface area contributed by atoms with Crippen molar-refractivity contribution in [3.63, 3.8) is 0 Å². The highest BCUT2D eigenvalue weighted by Gasteiger charge is 2.24. The second kappa shape index (κ2) is 5.72. The third kappa shape index (κ3) is 3.72. The predicted octanol–water partition coefficient (Wildman–Crippen LogP) is 3.76. The van der Waals surface area contributed by atoms with Gasteiger partial charge in [-0.3, -0.25) is 10.4 Å². The van der Waals surface area contributed by atoms with Crippen LogP contribution in [-0.2, 0) is 0 Å². The number of nitrogens with zero attached hydrogens (tertiary/aromatic N) is 1. The third-order valence-electron chi connectivity index (χ3n) is 2.32. The maximum Gasteiger partial charge on any atom is 0.113 e. The van der Waals surface area contributed by atoms with E-state index in [2.05, 4.69) is 4.99 Å². The molecule has 1 aromatic rings. The van der Waals surface area contributed by atoms with Crippen LogP contribution in [0.25, 0.3) is 0 Å². The zero-order valence-corrected chi connectivity index (χ0v) is 12.2. The molecule has 3 nitrogen and oxygen atoms in total. The Bertz CT molecular complexity index is 467. The first-order valence-electron chi connectivity index (χ1n) is 5.55. The summed E-state index contributed by atoms with van der Waals surface area (Å²) < 4.78 is 0. The monoisotopic (exact) mass is 285 g/mol. The number of aliphatic imine (C=N–C) groups is 1. The van der Waals surface area contributed by atoms with Crippen LogP contribution in [0, 0.1) is 10.8 Å². The van der Waals surface area contributed by atoms with Crippen molar-refractivity contribution in [2.75, 3.05) is 6.54 Å². The average Bonchev–Trinajstić information content (AvgIpc) is 2.20. The molecule has 0 fully saturated rings. The third-order valence-corrected chi connectivity index (χ3v) is 2.95. The van der Waals surface area contributed by atoms with Gasteiger partial charge < -0.3 is 5.73 Å². The zero-order chi connectivity index (χ0) is 13.9. The fourth-order valence-electron chi connectivity index (χ4n) is 1.58. The van der Waals surface area contributed by atoms with E-state index in [1.807, 2.05) is 20.8 Å². The van der Waals surface area contributed by atoms with Crippen molar-refractivity contribution in [3.05, 3.63) is 33.8 Å². The molecule has 0 aliphatic rings. The van der Waals surface area contributed by atoms with Crippen LogP contribution < -0.4 is 5.73 Å². The van der Waals surface area contributed by atoms with Gasteiger partial charge in [0, 0.05) is 11.0 Å². The van der Waals surface area contributed by atoms with Gasteiger partial charge in [-0.2, -0.15) is 0 Å². The highest BCUT2D eigenvalue weighted by atomic mass is 35.5. The van der Waals surface area contributed by atoms with Crippen molar-refractivity contribution in [2.45, 2.75) is 20.8 Å². The summed E-state index contributed by atoms with van der Waals surface area (Å²) in [6.45, 7) is 6.21. The van der Waals surface area contributed by atoms with Gasteiger partial charge in [0.2, 0.25) is 0 Å². The second-order valence-corrected chi connectivity index (χ2v) is 5.85. The normalized spacial score (nSPS) is 12.6. The number of amidine groups is 1. The number of benzene rings is 1. The maximum atomic E-state index is 7.27. The summed E-state index contributed by atoms with van der Waals surface area (Å²) in [5.41, 5.74) is 6.59. The summed E-state index contributed by atoms with van der Waals surface area (Å²) in [5, 5.41) is 8.38. The number of hydrogen-bond acceptors (Lipinski definition) is 2. The lowest BCUT2D eigenvalue weighted by Crippen LogP contribution is -2.25. The molecule has 0 aromatic heterocycles. The van der Waals surface area contributed by atoms with Crippen molar-refractivity contribution in [3.8, 4) is 0 Å². The van der Waals surface area contributed by atoms with Gasteiger partial charge in [0.15, 0.2) is 0 Å². The Morgan fingerprint density at radius 2 is 1.78 bits per heavy atom. The topological polar surface area (TPSA) is 62.2 Å². The summed E-state index contributed by atoms with van der Waals surface area (Å²) in [7, 11) is 0. The molecule has 0 atom stereocenters. The van der Waals surface area contributed by atoms with Gasteiger partial charge in [0.25, 0.3) is 0 Å². The van der Waals surface area contributed by atoms with Crippen molar-refractivity contribution in [2.24, 2.45) is 16.1 Å². The lowest BCUT2D eigenvalue weighted by atomic mass is 9.85. The van der Waals surface area contributed by atoms with Gasteiger partial charge >= 0.3 is 0 Å². The Morgan fingerprint density at radius 1 is 1.28 bits per heavy atom. The Balaban J connectivity index is 3.36. The number of hydrogen-bond donors (Lipinski definition) is 2. The van der Waals surface area contributed by atoms with Crippen LogP contribution >= 0.6 is 23.2 Å². The molecular formula is C13H17Cl2N3. The average molecular weight is 286 g/mol. The van der Waals surface area contributed by atoms with Crippen molar-refractivity contribution >= 4 is 34.7 Å². The minimum Gasteiger partial charge on any atom is -0.386 e. The molecule has 0 radical (unpaired) electrons. The molecule has 98 valence electrons. The Hall–Kier alpha value is -1.06. The van der Waals surface area contributed by atoms with Crippen LogP contribution in [0.15, 0.2) is 23.2 Å². The summed E-state index contributed by atoms with van der Waals surface area (Å²) in [4.78, 5) is 4.38. The molecule has 0 bridgehead atoms. The smallest absolute Gasteiger partial charge is 0.113 e. The molecule has 0 aliphatic heterocycles. The molecule has 0 spiro atoms. The van der Waals surface area contributed by atoms with Crippen molar-refractivity contribution < 1.29 is 0 Å². The molecular weight excluding hydrogens is 269 g/mol. The fraction of sp³-hybridized carbons (Fsp3) is 0.385. The minimum atomic E-state index is -0.232. The van der Waals surface area contributed by atoms with E-state index in [0.717, 1.165) is 11.3 Å². The quantitative estimate of drug-likeness (QED) is 0.645. The van der Waals surface area contributed by atoms with Crippen LogP contribution in [0.2, 0.25) is 10.0 Å². The molecule has 1 rings (SSSR count). The van der Waals surface area contributed by atoms with E-state index in [-0.39, 0.29) is 17.8 Å². The summed E-state index contributed by atoms with van der Waals surface area (Å²) in [6.07, 6.45) is 0. The molecule has 18 heavy (non-hydrogen) atoms. The van der Waals surface area contributed by atoms with E-state index in [0.29, 0.717) is 10.0 Å². The number of halogens is 2.